The Morgan fingerprint density at radius 3 is 1.84 bits per heavy atom. The van der Waals surface area contributed by atoms with Crippen molar-refractivity contribution in [3.05, 3.63) is 170 Å². The molecule has 260 valence electrons. The SMILES string of the molecule is c1ccc2c(c1)ccc1c3c4c5ccccc5n(C5=Nc6c(oc7ccccc67)C(n6c7ccccc7c7ccccc76)N5)c4cc4c5ccccc5n(c21)c43. The average Bonchev–Trinajstić information content (AvgIpc) is 4.05. The van der Waals surface area contributed by atoms with Gasteiger partial charge in [0.2, 0.25) is 5.96 Å². The van der Waals surface area contributed by atoms with Crippen LogP contribution in [0.15, 0.2) is 173 Å². The number of benzene rings is 8. The Hall–Kier alpha value is -7.57. The molecule has 56 heavy (non-hydrogen) atoms. The van der Waals surface area contributed by atoms with E-state index >= 15 is 0 Å². The first kappa shape index (κ1) is 28.9. The lowest BCUT2D eigenvalue weighted by molar-refractivity contribution is 0.438. The van der Waals surface area contributed by atoms with Crippen LogP contribution in [-0.2, 0) is 0 Å². The smallest absolute Gasteiger partial charge is 0.210 e. The van der Waals surface area contributed by atoms with Crippen molar-refractivity contribution >= 4 is 115 Å². The third-order valence-corrected chi connectivity index (χ3v) is 12.4. The molecule has 0 spiro atoms. The van der Waals surface area contributed by atoms with Crippen LogP contribution in [0.3, 0.4) is 0 Å². The van der Waals surface area contributed by atoms with Crippen molar-refractivity contribution in [1.29, 1.82) is 0 Å². The van der Waals surface area contributed by atoms with Crippen LogP contribution < -0.4 is 5.32 Å². The molecule has 0 aliphatic carbocycles. The maximum Gasteiger partial charge on any atom is 0.210 e. The van der Waals surface area contributed by atoms with Gasteiger partial charge in [0.25, 0.3) is 0 Å². The monoisotopic (exact) mass is 715 g/mol. The molecule has 1 unspecified atom stereocenters. The van der Waals surface area contributed by atoms with E-state index in [9.17, 15) is 0 Å². The summed E-state index contributed by atoms with van der Waals surface area (Å²) in [6, 6.07) is 59.0. The predicted octanol–water partition coefficient (Wildman–Crippen LogP) is 12.6. The van der Waals surface area contributed by atoms with E-state index in [2.05, 4.69) is 171 Å². The number of para-hydroxylation sites is 5. The van der Waals surface area contributed by atoms with Crippen LogP contribution >= 0.6 is 0 Å². The number of hydrogen-bond acceptors (Lipinski definition) is 3. The first-order chi connectivity index (χ1) is 27.8. The van der Waals surface area contributed by atoms with Crippen molar-refractivity contribution in [2.75, 3.05) is 0 Å². The molecule has 13 aromatic rings. The highest BCUT2D eigenvalue weighted by atomic mass is 16.3. The summed E-state index contributed by atoms with van der Waals surface area (Å²) in [4.78, 5) is 5.54. The van der Waals surface area contributed by atoms with Gasteiger partial charge < -0.3 is 18.7 Å². The minimum absolute atomic E-state index is 0.376. The van der Waals surface area contributed by atoms with Gasteiger partial charge in [-0.25, -0.2) is 4.99 Å². The highest BCUT2D eigenvalue weighted by molar-refractivity contribution is 6.38. The van der Waals surface area contributed by atoms with Crippen molar-refractivity contribution in [1.82, 2.24) is 18.9 Å². The lowest BCUT2D eigenvalue weighted by Crippen LogP contribution is -2.39. The third kappa shape index (κ3) is 3.42. The molecular weight excluding hydrogens is 687 g/mol. The van der Waals surface area contributed by atoms with Gasteiger partial charge in [-0.3, -0.25) is 4.57 Å². The molecule has 5 aromatic heterocycles. The van der Waals surface area contributed by atoms with Crippen molar-refractivity contribution in [3.8, 4) is 0 Å². The number of fused-ring (bicyclic) bond motifs is 18. The highest BCUT2D eigenvalue weighted by Gasteiger charge is 2.34. The Kier molecular flexibility index (Phi) is 5.23. The van der Waals surface area contributed by atoms with Gasteiger partial charge in [0.15, 0.2) is 11.9 Å². The average molecular weight is 716 g/mol. The molecule has 0 saturated carbocycles. The van der Waals surface area contributed by atoms with Crippen LogP contribution in [0, 0.1) is 0 Å². The maximum atomic E-state index is 6.78. The van der Waals surface area contributed by atoms with Gasteiger partial charge in [-0.1, -0.05) is 121 Å². The molecule has 1 aliphatic heterocycles. The van der Waals surface area contributed by atoms with Crippen LogP contribution in [0.1, 0.15) is 11.9 Å². The first-order valence-electron chi connectivity index (χ1n) is 19.2. The van der Waals surface area contributed by atoms with Crippen LogP contribution in [0.2, 0.25) is 0 Å². The van der Waals surface area contributed by atoms with Crippen LogP contribution in [-0.4, -0.2) is 19.5 Å². The van der Waals surface area contributed by atoms with Gasteiger partial charge in [-0.2, -0.15) is 0 Å². The predicted molar refractivity (Wildman–Crippen MR) is 231 cm³/mol. The molecule has 1 aliphatic rings. The fourth-order valence-electron chi connectivity index (χ4n) is 10.2. The summed E-state index contributed by atoms with van der Waals surface area (Å²) in [7, 11) is 0. The minimum atomic E-state index is -0.376. The number of aromatic nitrogens is 3. The van der Waals surface area contributed by atoms with Gasteiger partial charge in [-0.05, 0) is 47.9 Å². The fourth-order valence-corrected chi connectivity index (χ4v) is 10.2. The summed E-state index contributed by atoms with van der Waals surface area (Å²) < 4.78 is 14.0. The number of hydrogen-bond donors (Lipinski definition) is 1. The van der Waals surface area contributed by atoms with Crippen molar-refractivity contribution < 1.29 is 4.42 Å². The number of rotatable bonds is 1. The normalized spacial score (nSPS) is 14.9. The summed E-state index contributed by atoms with van der Waals surface area (Å²) >= 11 is 0. The Morgan fingerprint density at radius 2 is 1.07 bits per heavy atom. The van der Waals surface area contributed by atoms with Gasteiger partial charge in [0.05, 0.1) is 38.6 Å². The standard InChI is InChI=1S/C50H29N5O/c1-2-14-29-28(13-1)25-26-35-44-43-33-18-6-11-23-40(33)54(41(43)27-36-32-17-5-10-22-39(32)55(46(29)35)47(36)44)50-51-45-34-19-7-12-24-42(34)56-48(45)49(52-50)53-37-20-8-3-15-30(37)31-16-4-9-21-38(31)53/h1-27,49H,(H,51,52). The first-order valence-corrected chi connectivity index (χ1v) is 19.2. The van der Waals surface area contributed by atoms with E-state index in [-0.39, 0.29) is 6.17 Å². The zero-order chi connectivity index (χ0) is 36.2. The molecular formula is C50H29N5O. The Labute approximate surface area is 318 Å². The van der Waals surface area contributed by atoms with E-state index < -0.39 is 0 Å². The second-order valence-electron chi connectivity index (χ2n) is 15.1. The van der Waals surface area contributed by atoms with E-state index in [1.165, 1.54) is 70.4 Å². The van der Waals surface area contributed by atoms with Gasteiger partial charge in [-0.15, -0.1) is 0 Å². The van der Waals surface area contributed by atoms with Gasteiger partial charge >= 0.3 is 0 Å². The Morgan fingerprint density at radius 1 is 0.464 bits per heavy atom. The molecule has 14 rings (SSSR count). The largest absolute Gasteiger partial charge is 0.454 e. The molecule has 0 fully saturated rings. The van der Waals surface area contributed by atoms with Crippen LogP contribution in [0.5, 0.6) is 0 Å². The number of furan rings is 1. The second-order valence-corrected chi connectivity index (χ2v) is 15.1. The second kappa shape index (κ2) is 10.1. The van der Waals surface area contributed by atoms with Gasteiger partial charge in [0.1, 0.15) is 11.3 Å². The van der Waals surface area contributed by atoms with E-state index in [0.29, 0.717) is 0 Å². The molecule has 8 aromatic carbocycles. The van der Waals surface area contributed by atoms with E-state index in [1.54, 1.807) is 0 Å². The summed E-state index contributed by atoms with van der Waals surface area (Å²) in [5.41, 5.74) is 9.88. The van der Waals surface area contributed by atoms with Crippen LogP contribution in [0.25, 0.3) is 103 Å². The van der Waals surface area contributed by atoms with Crippen LogP contribution in [0.4, 0.5) is 5.69 Å². The Balaban J connectivity index is 1.15. The Bertz CT molecular complexity index is 3820. The molecule has 1 atom stereocenters. The van der Waals surface area contributed by atoms with E-state index in [1.807, 2.05) is 12.1 Å². The molecule has 6 heterocycles. The topological polar surface area (TPSA) is 51.8 Å². The lowest BCUT2D eigenvalue weighted by Gasteiger charge is -2.27. The van der Waals surface area contributed by atoms with Gasteiger partial charge in [0, 0.05) is 53.9 Å². The summed E-state index contributed by atoms with van der Waals surface area (Å²) in [5.74, 6) is 1.56. The molecule has 6 nitrogen and oxygen atoms in total. The molecule has 0 bridgehead atoms. The van der Waals surface area contributed by atoms with E-state index in [0.717, 1.165) is 50.4 Å². The quantitative estimate of drug-likeness (QED) is 0.184. The molecule has 6 heteroatoms. The molecule has 0 radical (unpaired) electrons. The molecule has 0 amide bonds. The molecule has 1 N–H and O–H groups in total. The number of aliphatic imine (C=N–C) groups is 1. The van der Waals surface area contributed by atoms with Crippen molar-refractivity contribution in [2.24, 2.45) is 4.99 Å². The third-order valence-electron chi connectivity index (χ3n) is 12.4. The number of nitrogens with one attached hydrogen (secondary N) is 1. The molecule has 0 saturated heterocycles. The zero-order valence-corrected chi connectivity index (χ0v) is 29.9. The number of nitrogens with zero attached hydrogens (tertiary/aromatic N) is 4. The zero-order valence-electron chi connectivity index (χ0n) is 29.9. The fraction of sp³-hybridized carbons (Fsp3) is 0.0200. The highest BCUT2D eigenvalue weighted by Crippen LogP contribution is 2.49. The summed E-state index contributed by atoms with van der Waals surface area (Å²) in [6.07, 6.45) is -0.376. The van der Waals surface area contributed by atoms with E-state index in [4.69, 9.17) is 9.41 Å². The van der Waals surface area contributed by atoms with Crippen molar-refractivity contribution in [3.63, 3.8) is 0 Å². The summed E-state index contributed by atoms with van der Waals surface area (Å²) in [6.45, 7) is 0. The van der Waals surface area contributed by atoms with Crippen molar-refractivity contribution in [2.45, 2.75) is 6.17 Å². The summed E-state index contributed by atoms with van der Waals surface area (Å²) in [5, 5.41) is 17.3. The minimum Gasteiger partial charge on any atom is -0.454 e. The maximum absolute atomic E-state index is 6.78. The lowest BCUT2D eigenvalue weighted by atomic mass is 10.00.